The van der Waals surface area contributed by atoms with Crippen LogP contribution in [0.3, 0.4) is 0 Å². The van der Waals surface area contributed by atoms with Crippen LogP contribution in [0.2, 0.25) is 0 Å². The molecule has 2 heterocycles. The smallest absolute Gasteiger partial charge is 0.300 e. The van der Waals surface area contributed by atoms with Crippen LogP contribution in [0.4, 0.5) is 0 Å². The fourth-order valence-electron chi connectivity index (χ4n) is 3.17. The average Bonchev–Trinajstić information content (AvgIpc) is 3.13. The van der Waals surface area contributed by atoms with Crippen LogP contribution in [0.25, 0.3) is 22.5 Å². The summed E-state index contributed by atoms with van der Waals surface area (Å²) in [6, 6.07) is 34.6. The van der Waals surface area contributed by atoms with Gasteiger partial charge in [0.2, 0.25) is 0 Å². The summed E-state index contributed by atoms with van der Waals surface area (Å²) in [5.41, 5.74) is 5.49. The molecule has 0 unspecified atom stereocenters. The van der Waals surface area contributed by atoms with Crippen LogP contribution in [0.15, 0.2) is 84.9 Å². The summed E-state index contributed by atoms with van der Waals surface area (Å²) in [7, 11) is 0. The third kappa shape index (κ3) is 19.2. The van der Waals surface area contributed by atoms with Crippen molar-refractivity contribution in [2.45, 2.75) is 95.4 Å². The van der Waals surface area contributed by atoms with Crippen molar-refractivity contribution in [2.24, 2.45) is 0 Å². The van der Waals surface area contributed by atoms with Gasteiger partial charge in [-0.1, -0.05) is 85.6 Å². The van der Waals surface area contributed by atoms with Crippen molar-refractivity contribution in [3.8, 4) is 58.5 Å². The Hall–Kier alpha value is -3.89. The standard InChI is InChI=1S/C25H20N2.C5H4.C4H6.4C2H6.Pt/c1-25(2,23-17-9-15-21(26-23)19-11-5-3-6-12-19)24-18-10-16-22(27-24)20-13-7-4-8-14-20;1-3-5-4-2;1-3-4-2;4*1-2;/h3-11,13,15-18H,1-2H3;1H,2H3;1-2H3;4*1-2H3;/q-2;;;;;;;+2. The van der Waals surface area contributed by atoms with Crippen LogP contribution in [-0.2, 0) is 26.5 Å². The SMILES string of the molecule is C#CC#CC.CC.CC.CC.CC.CC#CC.CC(C)(c1cccc(-c2[c-]cccc2)n1)c1cccc(-c2[c-]cccc2)n1.[Pt+2]. The monoisotopic (exact) mass is 781 g/mol. The maximum absolute atomic E-state index is 4.91. The van der Waals surface area contributed by atoms with Gasteiger partial charge in [-0.2, -0.15) is 0 Å². The van der Waals surface area contributed by atoms with Crippen LogP contribution in [-0.4, -0.2) is 9.97 Å². The zero-order valence-electron chi connectivity index (χ0n) is 29.9. The molecule has 0 aliphatic carbocycles. The Morgan fingerprint density at radius 1 is 0.556 bits per heavy atom. The molecular formula is C42H54N2Pt. The quantitative estimate of drug-likeness (QED) is 0.152. The molecule has 0 radical (unpaired) electrons. The topological polar surface area (TPSA) is 25.8 Å². The third-order valence-corrected chi connectivity index (χ3v) is 5.20. The van der Waals surface area contributed by atoms with Crippen LogP contribution in [0, 0.1) is 48.2 Å². The maximum Gasteiger partial charge on any atom is 2.00 e. The van der Waals surface area contributed by atoms with Crippen molar-refractivity contribution in [1.82, 2.24) is 9.97 Å². The van der Waals surface area contributed by atoms with E-state index >= 15 is 0 Å². The summed E-state index contributed by atoms with van der Waals surface area (Å²) in [6.07, 6.45) is 4.72. The van der Waals surface area contributed by atoms with Crippen molar-refractivity contribution >= 4 is 0 Å². The van der Waals surface area contributed by atoms with Gasteiger partial charge in [0, 0.05) is 16.8 Å². The predicted octanol–water partition coefficient (Wildman–Crippen LogP) is 11.5. The van der Waals surface area contributed by atoms with E-state index in [9.17, 15) is 0 Å². The van der Waals surface area contributed by atoms with Gasteiger partial charge in [0.05, 0.1) is 0 Å². The summed E-state index contributed by atoms with van der Waals surface area (Å²) in [5, 5.41) is 0. The molecule has 242 valence electrons. The van der Waals surface area contributed by atoms with Crippen molar-refractivity contribution < 1.29 is 21.1 Å². The summed E-state index contributed by atoms with van der Waals surface area (Å²) < 4.78 is 0. The first kappa shape index (κ1) is 48.0. The largest absolute Gasteiger partial charge is 2.00 e. The number of aromatic nitrogens is 2. The number of terminal acetylenes is 1. The summed E-state index contributed by atoms with van der Waals surface area (Å²) in [6.45, 7) is 25.7. The molecular weight excluding hydrogens is 728 g/mol. The Balaban J connectivity index is -0.000000396. The molecule has 0 atom stereocenters. The zero-order chi connectivity index (χ0) is 34.2. The van der Waals surface area contributed by atoms with Crippen LogP contribution < -0.4 is 0 Å². The molecule has 0 fully saturated rings. The molecule has 3 heteroatoms. The van der Waals surface area contributed by atoms with E-state index in [1.54, 1.807) is 6.92 Å². The molecule has 0 aliphatic rings. The summed E-state index contributed by atoms with van der Waals surface area (Å²) >= 11 is 0. The molecule has 0 saturated heterocycles. The van der Waals surface area contributed by atoms with Crippen LogP contribution >= 0.6 is 0 Å². The van der Waals surface area contributed by atoms with Gasteiger partial charge in [-0.05, 0) is 70.0 Å². The van der Waals surface area contributed by atoms with E-state index in [2.05, 4.69) is 79.8 Å². The number of nitrogens with zero attached hydrogens (tertiary/aromatic N) is 2. The van der Waals surface area contributed by atoms with Crippen molar-refractivity contribution in [1.29, 1.82) is 0 Å². The zero-order valence-corrected chi connectivity index (χ0v) is 32.1. The first-order chi connectivity index (χ1) is 21.5. The minimum absolute atomic E-state index is 0. The minimum atomic E-state index is -0.324. The normalized spacial score (nSPS) is 8.00. The Morgan fingerprint density at radius 3 is 1.18 bits per heavy atom. The Morgan fingerprint density at radius 2 is 0.933 bits per heavy atom. The van der Waals surface area contributed by atoms with Crippen molar-refractivity contribution in [3.05, 3.63) is 108 Å². The Kier molecular flexibility index (Phi) is 35.2. The minimum Gasteiger partial charge on any atom is -0.300 e. The van der Waals surface area contributed by atoms with E-state index in [0.29, 0.717) is 0 Å². The fraction of sp³-hybridized carbons (Fsp3) is 0.333. The summed E-state index contributed by atoms with van der Waals surface area (Å²) in [5.74, 6) is 12.4. The Bertz CT molecular complexity index is 1300. The molecule has 0 N–H and O–H groups in total. The number of hydrogen-bond donors (Lipinski definition) is 0. The first-order valence-electron chi connectivity index (χ1n) is 15.6. The number of hydrogen-bond acceptors (Lipinski definition) is 2. The van der Waals surface area contributed by atoms with E-state index in [1.807, 2.05) is 130 Å². The van der Waals surface area contributed by atoms with Gasteiger partial charge in [-0.25, -0.2) is 0 Å². The molecule has 0 amide bonds. The van der Waals surface area contributed by atoms with Gasteiger partial charge in [0.25, 0.3) is 0 Å². The molecule has 45 heavy (non-hydrogen) atoms. The summed E-state index contributed by atoms with van der Waals surface area (Å²) in [4.78, 5) is 9.83. The fourth-order valence-corrected chi connectivity index (χ4v) is 3.17. The maximum atomic E-state index is 4.91. The van der Waals surface area contributed by atoms with Crippen LogP contribution in [0.5, 0.6) is 0 Å². The molecule has 2 aromatic heterocycles. The number of rotatable bonds is 4. The van der Waals surface area contributed by atoms with E-state index in [-0.39, 0.29) is 26.5 Å². The molecule has 0 aliphatic heterocycles. The van der Waals surface area contributed by atoms with Gasteiger partial charge >= 0.3 is 21.1 Å². The van der Waals surface area contributed by atoms with Gasteiger partial charge in [0.1, 0.15) is 0 Å². The first-order valence-corrected chi connectivity index (χ1v) is 15.6. The molecule has 2 aromatic carbocycles. The number of pyridine rings is 2. The molecule has 4 aromatic rings. The molecule has 0 saturated carbocycles. The van der Waals surface area contributed by atoms with E-state index in [4.69, 9.17) is 16.4 Å². The van der Waals surface area contributed by atoms with Gasteiger partial charge in [-0.15, -0.1) is 90.1 Å². The second-order valence-electron chi connectivity index (χ2n) is 8.01. The number of benzene rings is 2. The van der Waals surface area contributed by atoms with E-state index < -0.39 is 0 Å². The predicted molar refractivity (Wildman–Crippen MR) is 196 cm³/mol. The van der Waals surface area contributed by atoms with E-state index in [1.165, 1.54) is 0 Å². The van der Waals surface area contributed by atoms with Crippen molar-refractivity contribution in [2.75, 3.05) is 0 Å². The van der Waals surface area contributed by atoms with E-state index in [0.717, 1.165) is 33.9 Å². The second-order valence-corrected chi connectivity index (χ2v) is 8.01. The molecule has 0 bridgehead atoms. The van der Waals surface area contributed by atoms with Crippen molar-refractivity contribution in [3.63, 3.8) is 0 Å². The van der Waals surface area contributed by atoms with Gasteiger partial charge < -0.3 is 9.97 Å². The average molecular weight is 782 g/mol. The Labute approximate surface area is 292 Å². The molecule has 0 spiro atoms. The van der Waals surface area contributed by atoms with Gasteiger partial charge in [-0.3, -0.25) is 0 Å². The second kappa shape index (κ2) is 33.0. The third-order valence-electron chi connectivity index (χ3n) is 5.20. The van der Waals surface area contributed by atoms with Gasteiger partial charge in [0.15, 0.2) is 0 Å². The molecule has 2 nitrogen and oxygen atoms in total. The van der Waals surface area contributed by atoms with Crippen LogP contribution in [0.1, 0.15) is 101 Å². The molecule has 4 rings (SSSR count).